The van der Waals surface area contributed by atoms with Gasteiger partial charge in [0.15, 0.2) is 5.78 Å². The Balaban J connectivity index is 0.000000487. The van der Waals surface area contributed by atoms with Crippen LogP contribution < -0.4 is 10.6 Å². The molecule has 0 spiro atoms. The number of ether oxygens (including phenoxy) is 2. The number of halogens is 2. The highest BCUT2D eigenvalue weighted by molar-refractivity contribution is 9.28. The van der Waals surface area contributed by atoms with E-state index in [1.165, 1.54) is 12.1 Å². The van der Waals surface area contributed by atoms with Crippen molar-refractivity contribution in [2.24, 2.45) is 0 Å². The van der Waals surface area contributed by atoms with Crippen LogP contribution in [0.2, 0.25) is 51.4 Å². The van der Waals surface area contributed by atoms with Gasteiger partial charge in [0.1, 0.15) is 12.2 Å². The minimum absolute atomic E-state index is 0.0679. The molecule has 0 saturated heterocycles. The molecule has 1 unspecified atom stereocenters. The molecule has 274 valence electrons. The van der Waals surface area contributed by atoms with Gasteiger partial charge in [-0.15, -0.1) is 0 Å². The molecule has 0 aromatic carbocycles. The first-order valence-corrected chi connectivity index (χ1v) is 26.5. The largest absolute Gasteiger partial charge is 0.448 e. The number of nitrogens with one attached hydrogen (secondary N) is 2. The number of rotatable bonds is 18. The molecule has 0 bridgehead atoms. The predicted octanol–water partition coefficient (Wildman–Crippen LogP) is 9.65. The van der Waals surface area contributed by atoms with Crippen LogP contribution in [0.25, 0.3) is 0 Å². The van der Waals surface area contributed by atoms with Crippen molar-refractivity contribution >= 4 is 71.9 Å². The van der Waals surface area contributed by atoms with Gasteiger partial charge in [0, 0.05) is 35.3 Å². The van der Waals surface area contributed by atoms with Gasteiger partial charge in [0.2, 0.25) is 0 Å². The molecule has 2 N–H and O–H groups in total. The molecule has 1 atom stereocenters. The molecule has 1 heterocycles. The summed E-state index contributed by atoms with van der Waals surface area (Å²) < 4.78 is 11.4. The summed E-state index contributed by atoms with van der Waals surface area (Å²) in [5.74, 6) is 0.0455. The first-order chi connectivity index (χ1) is 22.3. The zero-order chi connectivity index (χ0) is 36.5. The molecule has 0 fully saturated rings. The highest BCUT2D eigenvalue weighted by Crippen LogP contribution is 2.35. The number of hydrogen-bond donors (Lipinski definition) is 2. The molecule has 3 amide bonds. The number of unbranched alkanes of at least 4 members (excludes halogenated alkanes) is 2. The van der Waals surface area contributed by atoms with Crippen molar-refractivity contribution in [3.63, 3.8) is 0 Å². The maximum absolute atomic E-state index is 12.3. The molecule has 9 nitrogen and oxygen atoms in total. The second kappa shape index (κ2) is 21.5. The van der Waals surface area contributed by atoms with Gasteiger partial charge in [0.25, 0.3) is 5.91 Å². The van der Waals surface area contributed by atoms with E-state index < -0.39 is 33.9 Å². The van der Waals surface area contributed by atoms with E-state index in [1.807, 2.05) is 13.0 Å². The highest BCUT2D eigenvalue weighted by atomic mass is 79.9. The highest BCUT2D eigenvalue weighted by Gasteiger charge is 2.37. The Hall–Kier alpha value is -1.71. The fourth-order valence-electron chi connectivity index (χ4n) is 5.31. The molecule has 1 aliphatic heterocycles. The lowest BCUT2D eigenvalue weighted by Gasteiger charge is -2.22. The van der Waals surface area contributed by atoms with Gasteiger partial charge in [-0.25, -0.2) is 9.59 Å². The molecule has 0 saturated carbocycles. The Morgan fingerprint density at radius 2 is 1.38 bits per heavy atom. The second-order valence-corrected chi connectivity index (χ2v) is 29.2. The molecular weight excluding hydrogens is 774 g/mol. The van der Waals surface area contributed by atoms with E-state index >= 15 is 0 Å². The van der Waals surface area contributed by atoms with Crippen LogP contribution in [0.5, 0.6) is 0 Å². The summed E-state index contributed by atoms with van der Waals surface area (Å²) in [6.45, 7) is 21.7. The third kappa shape index (κ3) is 18.3. The van der Waals surface area contributed by atoms with Crippen molar-refractivity contribution < 1.29 is 28.7 Å². The maximum atomic E-state index is 12.3. The zero-order valence-corrected chi connectivity index (χ0v) is 36.1. The van der Waals surface area contributed by atoms with Crippen molar-refractivity contribution in [1.29, 1.82) is 0 Å². The van der Waals surface area contributed by atoms with Crippen molar-refractivity contribution in [2.75, 3.05) is 26.2 Å². The van der Waals surface area contributed by atoms with Crippen molar-refractivity contribution in [3.05, 3.63) is 32.4 Å². The molecule has 0 aromatic heterocycles. The minimum Gasteiger partial charge on any atom is -0.448 e. The normalized spacial score (nSPS) is 17.8. The van der Waals surface area contributed by atoms with Crippen molar-refractivity contribution in [1.82, 2.24) is 15.5 Å². The summed E-state index contributed by atoms with van der Waals surface area (Å²) >= 11 is 6.85. The number of amides is 3. The minimum atomic E-state index is -1.07. The van der Waals surface area contributed by atoms with E-state index in [-0.39, 0.29) is 24.7 Å². The van der Waals surface area contributed by atoms with Gasteiger partial charge in [-0.05, 0) is 94.5 Å². The van der Waals surface area contributed by atoms with E-state index in [0.29, 0.717) is 19.6 Å². The van der Waals surface area contributed by atoms with Crippen LogP contribution in [0.3, 0.4) is 0 Å². The van der Waals surface area contributed by atoms with Crippen molar-refractivity contribution in [2.45, 2.75) is 136 Å². The van der Waals surface area contributed by atoms with Gasteiger partial charge in [-0.3, -0.25) is 9.59 Å². The van der Waals surface area contributed by atoms with E-state index in [9.17, 15) is 19.2 Å². The molecular formula is C35H61Br2N3O6Si2. The predicted molar refractivity (Wildman–Crippen MR) is 209 cm³/mol. The van der Waals surface area contributed by atoms with E-state index in [0.717, 1.165) is 71.6 Å². The number of allylic oxidation sites excluding steroid dienone is 2. The van der Waals surface area contributed by atoms with Crippen LogP contribution in [0.1, 0.15) is 78.6 Å². The van der Waals surface area contributed by atoms with Crippen LogP contribution in [0, 0.1) is 0 Å². The topological polar surface area (TPSA) is 114 Å². The monoisotopic (exact) mass is 833 g/mol. The lowest BCUT2D eigenvalue weighted by atomic mass is 10.1. The number of ketones is 1. The summed E-state index contributed by atoms with van der Waals surface area (Å²) in [4.78, 5) is 49.5. The lowest BCUT2D eigenvalue weighted by Crippen LogP contribution is -2.35. The van der Waals surface area contributed by atoms with Crippen LogP contribution in [0.4, 0.5) is 9.59 Å². The molecule has 2 aliphatic rings. The Morgan fingerprint density at radius 3 is 1.88 bits per heavy atom. The average molecular weight is 836 g/mol. The summed E-state index contributed by atoms with van der Waals surface area (Å²) in [7, 11) is -2.13. The molecule has 13 heteroatoms. The number of carbonyl (C=O) groups is 4. The van der Waals surface area contributed by atoms with Crippen LogP contribution in [-0.4, -0.2) is 76.8 Å². The third-order valence-corrected chi connectivity index (χ3v) is 12.3. The molecule has 48 heavy (non-hydrogen) atoms. The molecule has 0 radical (unpaired) electrons. The van der Waals surface area contributed by atoms with Crippen molar-refractivity contribution in [3.8, 4) is 0 Å². The maximum Gasteiger partial charge on any atom is 0.408 e. The van der Waals surface area contributed by atoms with Gasteiger partial charge >= 0.3 is 12.2 Å². The number of alkyl carbamates (subject to hydrolysis) is 2. The molecule has 2 rings (SSSR count). The second-order valence-electron chi connectivity index (χ2n) is 15.3. The first-order valence-electron chi connectivity index (χ1n) is 17.5. The number of Topliss-reactive ketones (excluding diaryl/α,β-unsaturated/α-hetero) is 1. The van der Waals surface area contributed by atoms with E-state index in [2.05, 4.69) is 95.6 Å². The Labute approximate surface area is 308 Å². The first kappa shape index (κ1) is 44.3. The number of carbonyl (C=O) groups excluding carboxylic acids is 4. The van der Waals surface area contributed by atoms with Gasteiger partial charge < -0.3 is 25.0 Å². The summed E-state index contributed by atoms with van der Waals surface area (Å²) in [6.07, 6.45) is 10.7. The average Bonchev–Trinajstić information content (AvgIpc) is 3.44. The summed E-state index contributed by atoms with van der Waals surface area (Å²) in [5.41, 5.74) is 1.89. The number of nitrogens with zero attached hydrogens (tertiary/aromatic N) is 1. The van der Waals surface area contributed by atoms with E-state index in [4.69, 9.17) is 9.47 Å². The van der Waals surface area contributed by atoms with Crippen LogP contribution in [-0.2, 0) is 19.1 Å². The SMILES string of the molecule is CCCCC1=CC(=O)N(CCOC(=O)NCCC[Si](C)(C)C)C1=C(Br)Br.CCCCC1=CC(C)(OC(=O)NCCC[Si](C)(C)C)CC1=O. The summed E-state index contributed by atoms with van der Waals surface area (Å²) in [6, 6.07) is 2.36. The quantitative estimate of drug-likeness (QED) is 0.105. The fraction of sp³-hybridized carbons (Fsp3) is 0.714. The fourth-order valence-corrected chi connectivity index (χ4v) is 8.72. The smallest absolute Gasteiger partial charge is 0.408 e. The van der Waals surface area contributed by atoms with Crippen LogP contribution >= 0.6 is 31.9 Å². The standard InChI is InChI=1S/C18H30Br2N2O3Si.C17H31NO3Si/c1-5-6-8-14-13-15(23)22(16(14)17(19)20)10-11-25-18(24)21-9-7-12-26(2,3)4;1-6-7-9-14-12-17(2,13-15(14)19)21-16(20)18-10-8-11-22(3,4)5/h13H,5-12H2,1-4H3,(H,21,24);12H,6-11,13H2,1-5H3,(H,18,20). The Bertz CT molecular complexity index is 1190. The van der Waals surface area contributed by atoms with E-state index in [1.54, 1.807) is 11.0 Å². The van der Waals surface area contributed by atoms with Gasteiger partial charge in [0.05, 0.1) is 22.1 Å². The summed E-state index contributed by atoms with van der Waals surface area (Å²) in [5, 5.41) is 5.58. The van der Waals surface area contributed by atoms with Crippen LogP contribution in [0.15, 0.2) is 32.4 Å². The Morgan fingerprint density at radius 1 is 0.854 bits per heavy atom. The van der Waals surface area contributed by atoms with Gasteiger partial charge in [-0.1, -0.05) is 78.1 Å². The zero-order valence-electron chi connectivity index (χ0n) is 30.9. The third-order valence-electron chi connectivity index (χ3n) is 7.89. The molecule has 1 aliphatic carbocycles. The Kier molecular flexibility index (Phi) is 19.8. The molecule has 0 aromatic rings. The lowest BCUT2D eigenvalue weighted by molar-refractivity contribution is -0.123. The van der Waals surface area contributed by atoms with Gasteiger partial charge in [-0.2, -0.15) is 0 Å². The number of hydrogen-bond acceptors (Lipinski definition) is 6.